The maximum absolute atomic E-state index is 4.54. The average Bonchev–Trinajstić information content (AvgIpc) is 2.42. The van der Waals surface area contributed by atoms with Crippen LogP contribution in [-0.2, 0) is 6.54 Å². The number of pyridine rings is 1. The monoisotopic (exact) mass is 283 g/mol. The predicted molar refractivity (Wildman–Crippen MR) is 82.8 cm³/mol. The van der Waals surface area contributed by atoms with E-state index in [1.165, 1.54) is 37.1 Å². The Morgan fingerprint density at radius 1 is 1.37 bits per heavy atom. The van der Waals surface area contributed by atoms with Crippen molar-refractivity contribution in [2.24, 2.45) is 0 Å². The van der Waals surface area contributed by atoms with Gasteiger partial charge in [-0.05, 0) is 57.5 Å². The molecule has 1 aromatic rings. The van der Waals surface area contributed by atoms with E-state index < -0.39 is 0 Å². The first-order valence-corrected chi connectivity index (χ1v) is 7.16. The number of nitrogens with zero attached hydrogens (tertiary/aromatic N) is 2. The highest BCUT2D eigenvalue weighted by Gasteiger charge is 2.21. The molecule has 4 heteroatoms. The molecule has 1 aromatic heterocycles. The van der Waals surface area contributed by atoms with Crippen LogP contribution in [0.5, 0.6) is 0 Å². The van der Waals surface area contributed by atoms with E-state index in [-0.39, 0.29) is 12.4 Å². The minimum atomic E-state index is 0. The molecular weight excluding hydrogens is 258 g/mol. The number of halogens is 1. The first-order valence-electron chi connectivity index (χ1n) is 7.16. The summed E-state index contributed by atoms with van der Waals surface area (Å²) in [6.45, 7) is 8.93. The van der Waals surface area contributed by atoms with E-state index in [0.717, 1.165) is 25.7 Å². The molecule has 1 N–H and O–H groups in total. The molecule has 1 saturated heterocycles. The van der Waals surface area contributed by atoms with E-state index in [2.05, 4.69) is 35.1 Å². The van der Waals surface area contributed by atoms with E-state index >= 15 is 0 Å². The third-order valence-electron chi connectivity index (χ3n) is 3.81. The highest BCUT2D eigenvalue weighted by Crippen LogP contribution is 2.16. The molecule has 0 bridgehead atoms. The van der Waals surface area contributed by atoms with Crippen LogP contribution in [0.2, 0.25) is 0 Å². The zero-order valence-electron chi connectivity index (χ0n) is 12.1. The Morgan fingerprint density at radius 2 is 2.11 bits per heavy atom. The predicted octanol–water partition coefficient (Wildman–Crippen LogP) is 2.78. The fourth-order valence-electron chi connectivity index (χ4n) is 2.73. The zero-order valence-corrected chi connectivity index (χ0v) is 12.9. The van der Waals surface area contributed by atoms with Crippen molar-refractivity contribution in [3.63, 3.8) is 0 Å². The third kappa shape index (κ3) is 4.75. The van der Waals surface area contributed by atoms with Crippen LogP contribution < -0.4 is 5.32 Å². The molecule has 0 aliphatic carbocycles. The Labute approximate surface area is 123 Å². The van der Waals surface area contributed by atoms with Crippen molar-refractivity contribution in [2.45, 2.75) is 45.7 Å². The van der Waals surface area contributed by atoms with E-state index in [4.69, 9.17) is 0 Å². The van der Waals surface area contributed by atoms with Gasteiger partial charge in [-0.3, -0.25) is 9.88 Å². The molecule has 108 valence electrons. The van der Waals surface area contributed by atoms with Crippen molar-refractivity contribution >= 4 is 12.4 Å². The molecule has 0 aromatic carbocycles. The van der Waals surface area contributed by atoms with Gasteiger partial charge in [-0.15, -0.1) is 12.4 Å². The first kappa shape index (κ1) is 16.4. The van der Waals surface area contributed by atoms with Crippen LogP contribution in [0.4, 0.5) is 0 Å². The number of hydrogen-bond acceptors (Lipinski definition) is 3. The van der Waals surface area contributed by atoms with Crippen molar-refractivity contribution in [3.05, 3.63) is 29.6 Å². The Bertz CT molecular complexity index is 364. The number of piperidine rings is 1. The molecule has 1 fully saturated rings. The summed E-state index contributed by atoms with van der Waals surface area (Å²) in [6.07, 6.45) is 5.67. The van der Waals surface area contributed by atoms with Gasteiger partial charge < -0.3 is 5.32 Å². The molecule has 0 saturated carbocycles. The third-order valence-corrected chi connectivity index (χ3v) is 3.81. The lowest BCUT2D eigenvalue weighted by Crippen LogP contribution is -2.43. The second-order valence-electron chi connectivity index (χ2n) is 5.22. The summed E-state index contributed by atoms with van der Waals surface area (Å²) in [7, 11) is 0. The highest BCUT2D eigenvalue weighted by molar-refractivity contribution is 5.85. The molecule has 0 amide bonds. The smallest absolute Gasteiger partial charge is 0.0573 e. The molecule has 0 radical (unpaired) electrons. The summed E-state index contributed by atoms with van der Waals surface area (Å²) in [5.74, 6) is 0. The lowest BCUT2D eigenvalue weighted by molar-refractivity contribution is 0.152. The van der Waals surface area contributed by atoms with E-state index in [1.807, 2.05) is 12.3 Å². The van der Waals surface area contributed by atoms with E-state index in [9.17, 15) is 0 Å². The van der Waals surface area contributed by atoms with Gasteiger partial charge in [-0.25, -0.2) is 0 Å². The summed E-state index contributed by atoms with van der Waals surface area (Å²) >= 11 is 0. The molecule has 1 aliphatic rings. The molecule has 2 heterocycles. The van der Waals surface area contributed by atoms with Crippen molar-refractivity contribution in [3.8, 4) is 0 Å². The van der Waals surface area contributed by atoms with Crippen LogP contribution in [0.15, 0.2) is 18.3 Å². The zero-order chi connectivity index (χ0) is 12.8. The molecule has 0 spiro atoms. The largest absolute Gasteiger partial charge is 0.317 e. The fraction of sp³-hybridized carbons (Fsp3) is 0.667. The lowest BCUT2D eigenvalue weighted by atomic mass is 10.0. The molecule has 2 rings (SSSR count). The number of hydrogen-bond donors (Lipinski definition) is 1. The Kier molecular flexibility index (Phi) is 7.36. The van der Waals surface area contributed by atoms with Crippen LogP contribution >= 0.6 is 12.4 Å². The summed E-state index contributed by atoms with van der Waals surface area (Å²) < 4.78 is 0. The number of rotatable bonds is 5. The SMILES string of the molecule is CCCN(Cc1ncccc1C)C1CCNCC1.Cl. The quantitative estimate of drug-likeness (QED) is 0.901. The minimum Gasteiger partial charge on any atom is -0.317 e. The molecule has 0 atom stereocenters. The second-order valence-corrected chi connectivity index (χ2v) is 5.22. The lowest BCUT2D eigenvalue weighted by Gasteiger charge is -2.34. The molecule has 19 heavy (non-hydrogen) atoms. The van der Waals surface area contributed by atoms with Crippen LogP contribution in [0.3, 0.4) is 0 Å². The highest BCUT2D eigenvalue weighted by atomic mass is 35.5. The summed E-state index contributed by atoms with van der Waals surface area (Å²) in [5, 5.41) is 3.44. The average molecular weight is 284 g/mol. The molecular formula is C15H26ClN3. The van der Waals surface area contributed by atoms with Gasteiger partial charge in [0, 0.05) is 18.8 Å². The fourth-order valence-corrected chi connectivity index (χ4v) is 2.73. The van der Waals surface area contributed by atoms with Crippen molar-refractivity contribution in [1.82, 2.24) is 15.2 Å². The van der Waals surface area contributed by atoms with Gasteiger partial charge in [-0.2, -0.15) is 0 Å². The topological polar surface area (TPSA) is 28.2 Å². The van der Waals surface area contributed by atoms with Crippen LogP contribution in [0.25, 0.3) is 0 Å². The minimum absolute atomic E-state index is 0. The number of nitrogens with one attached hydrogen (secondary N) is 1. The van der Waals surface area contributed by atoms with Gasteiger partial charge >= 0.3 is 0 Å². The Hall–Kier alpha value is -0.640. The first-order chi connectivity index (χ1) is 8.81. The van der Waals surface area contributed by atoms with Crippen LogP contribution in [-0.4, -0.2) is 35.6 Å². The number of aryl methyl sites for hydroxylation is 1. The van der Waals surface area contributed by atoms with Crippen LogP contribution in [0.1, 0.15) is 37.4 Å². The Balaban J connectivity index is 0.00000180. The van der Waals surface area contributed by atoms with Crippen molar-refractivity contribution < 1.29 is 0 Å². The molecule has 3 nitrogen and oxygen atoms in total. The maximum Gasteiger partial charge on any atom is 0.0573 e. The molecule has 1 aliphatic heterocycles. The normalized spacial score (nSPS) is 16.4. The van der Waals surface area contributed by atoms with Gasteiger partial charge in [-0.1, -0.05) is 13.0 Å². The molecule has 0 unspecified atom stereocenters. The second kappa shape index (κ2) is 8.51. The summed E-state index contributed by atoms with van der Waals surface area (Å²) in [4.78, 5) is 7.16. The maximum atomic E-state index is 4.54. The van der Waals surface area contributed by atoms with Crippen molar-refractivity contribution in [2.75, 3.05) is 19.6 Å². The Morgan fingerprint density at radius 3 is 2.74 bits per heavy atom. The van der Waals surface area contributed by atoms with Gasteiger partial charge in [0.05, 0.1) is 5.69 Å². The van der Waals surface area contributed by atoms with Gasteiger partial charge in [0.2, 0.25) is 0 Å². The summed E-state index contributed by atoms with van der Waals surface area (Å²) in [6, 6.07) is 4.91. The number of aromatic nitrogens is 1. The van der Waals surface area contributed by atoms with Gasteiger partial charge in [0.1, 0.15) is 0 Å². The summed E-state index contributed by atoms with van der Waals surface area (Å²) in [5.41, 5.74) is 2.55. The van der Waals surface area contributed by atoms with E-state index in [0.29, 0.717) is 0 Å². The van der Waals surface area contributed by atoms with Gasteiger partial charge in [0.25, 0.3) is 0 Å². The standard InChI is InChI=1S/C15H25N3.ClH/c1-3-11-18(14-6-9-16-10-7-14)12-15-13(2)5-4-8-17-15;/h4-5,8,14,16H,3,6-7,9-12H2,1-2H3;1H. The van der Waals surface area contributed by atoms with Crippen molar-refractivity contribution in [1.29, 1.82) is 0 Å². The van der Waals surface area contributed by atoms with Crippen LogP contribution in [0, 0.1) is 6.92 Å². The van der Waals surface area contributed by atoms with E-state index in [1.54, 1.807) is 0 Å². The van der Waals surface area contributed by atoms with Gasteiger partial charge in [0.15, 0.2) is 0 Å².